The van der Waals surface area contributed by atoms with Gasteiger partial charge in [0, 0.05) is 48.8 Å². The Morgan fingerprint density at radius 2 is 2.00 bits per heavy atom. The van der Waals surface area contributed by atoms with Crippen molar-refractivity contribution < 1.29 is 4.42 Å². The molecule has 2 fully saturated rings. The molecular formula is C20H28N4OS. The lowest BCUT2D eigenvalue weighted by molar-refractivity contribution is 0.197. The van der Waals surface area contributed by atoms with Gasteiger partial charge < -0.3 is 9.32 Å². The third kappa shape index (κ3) is 4.87. The van der Waals surface area contributed by atoms with Gasteiger partial charge in [-0.25, -0.2) is 9.97 Å². The highest BCUT2D eigenvalue weighted by Gasteiger charge is 2.23. The number of aromatic nitrogens is 2. The molecule has 0 unspecified atom stereocenters. The third-order valence-electron chi connectivity index (χ3n) is 5.40. The molecule has 1 atom stereocenters. The molecule has 2 aliphatic rings. The van der Waals surface area contributed by atoms with Gasteiger partial charge in [-0.1, -0.05) is 11.8 Å². The van der Waals surface area contributed by atoms with E-state index in [-0.39, 0.29) is 0 Å². The minimum absolute atomic E-state index is 0.511. The number of furan rings is 1. The second kappa shape index (κ2) is 9.02. The van der Waals surface area contributed by atoms with E-state index in [1.807, 2.05) is 12.5 Å². The number of nitrogens with zero attached hydrogens (tertiary/aromatic N) is 4. The van der Waals surface area contributed by atoms with Gasteiger partial charge >= 0.3 is 0 Å². The van der Waals surface area contributed by atoms with Gasteiger partial charge in [0.2, 0.25) is 0 Å². The van der Waals surface area contributed by atoms with Crippen molar-refractivity contribution in [3.05, 3.63) is 42.1 Å². The van der Waals surface area contributed by atoms with E-state index in [1.54, 1.807) is 18.0 Å². The zero-order chi connectivity index (χ0) is 17.6. The molecule has 0 bridgehead atoms. The zero-order valence-corrected chi connectivity index (χ0v) is 16.2. The molecule has 0 amide bonds. The van der Waals surface area contributed by atoms with Gasteiger partial charge in [0.15, 0.2) is 5.16 Å². The SMILES string of the molecule is c1cc([C@@H]2CCCN(Cc3ccoc3)C2)nc(SCCN2CCCC2)n1. The number of piperidine rings is 1. The summed E-state index contributed by atoms with van der Waals surface area (Å²) in [5, 5.41) is 0.939. The Bertz CT molecular complexity index is 672. The topological polar surface area (TPSA) is 45.4 Å². The molecule has 6 heteroatoms. The molecule has 2 aliphatic heterocycles. The molecule has 0 saturated carbocycles. The van der Waals surface area contributed by atoms with Crippen molar-refractivity contribution in [1.29, 1.82) is 0 Å². The Balaban J connectivity index is 1.31. The lowest BCUT2D eigenvalue weighted by Crippen LogP contribution is -2.34. The minimum Gasteiger partial charge on any atom is -0.472 e. The summed E-state index contributed by atoms with van der Waals surface area (Å²) in [5.41, 5.74) is 2.46. The largest absolute Gasteiger partial charge is 0.472 e. The number of likely N-dealkylation sites (tertiary alicyclic amines) is 2. The fourth-order valence-corrected chi connectivity index (χ4v) is 4.84. The number of rotatable bonds is 7. The molecule has 26 heavy (non-hydrogen) atoms. The van der Waals surface area contributed by atoms with Gasteiger partial charge in [-0.2, -0.15) is 0 Å². The van der Waals surface area contributed by atoms with Crippen molar-refractivity contribution in [2.45, 2.75) is 43.3 Å². The summed E-state index contributed by atoms with van der Waals surface area (Å²) in [5.74, 6) is 1.59. The predicted octanol–water partition coefficient (Wildman–Crippen LogP) is 3.64. The van der Waals surface area contributed by atoms with Crippen LogP contribution in [0.25, 0.3) is 0 Å². The van der Waals surface area contributed by atoms with E-state index < -0.39 is 0 Å². The summed E-state index contributed by atoms with van der Waals surface area (Å²) in [7, 11) is 0. The highest BCUT2D eigenvalue weighted by atomic mass is 32.2. The van der Waals surface area contributed by atoms with E-state index in [9.17, 15) is 0 Å². The molecule has 5 nitrogen and oxygen atoms in total. The molecule has 0 aliphatic carbocycles. The van der Waals surface area contributed by atoms with E-state index >= 15 is 0 Å². The van der Waals surface area contributed by atoms with Crippen molar-refractivity contribution in [1.82, 2.24) is 19.8 Å². The summed E-state index contributed by atoms with van der Waals surface area (Å²) in [4.78, 5) is 14.4. The standard InChI is InChI=1S/C20H28N4OS/c1-2-9-23(8-1)11-13-26-20-21-7-5-19(22-20)18-4-3-10-24(15-18)14-17-6-12-25-16-17/h5-7,12,16,18H,1-4,8-11,13-15H2/t18-/m1/s1. The van der Waals surface area contributed by atoms with Gasteiger partial charge in [0.25, 0.3) is 0 Å². The molecular weight excluding hydrogens is 344 g/mol. The van der Waals surface area contributed by atoms with Crippen LogP contribution in [0.3, 0.4) is 0 Å². The van der Waals surface area contributed by atoms with Crippen LogP contribution in [0.1, 0.15) is 42.9 Å². The van der Waals surface area contributed by atoms with Crippen LogP contribution in [-0.2, 0) is 6.54 Å². The van der Waals surface area contributed by atoms with Crippen LogP contribution in [0.4, 0.5) is 0 Å². The van der Waals surface area contributed by atoms with Crippen LogP contribution in [0.2, 0.25) is 0 Å². The molecule has 0 aromatic carbocycles. The van der Waals surface area contributed by atoms with E-state index in [1.165, 1.54) is 50.0 Å². The number of hydrogen-bond donors (Lipinski definition) is 0. The summed E-state index contributed by atoms with van der Waals surface area (Å²) in [6.07, 6.45) is 10.7. The summed E-state index contributed by atoms with van der Waals surface area (Å²) in [6.45, 7) is 6.87. The molecule has 2 aromatic rings. The smallest absolute Gasteiger partial charge is 0.187 e. The van der Waals surface area contributed by atoms with E-state index in [2.05, 4.69) is 26.9 Å². The van der Waals surface area contributed by atoms with Crippen molar-refractivity contribution in [2.75, 3.05) is 38.5 Å². The average molecular weight is 373 g/mol. The maximum absolute atomic E-state index is 5.20. The van der Waals surface area contributed by atoms with Gasteiger partial charge in [0.05, 0.1) is 12.5 Å². The molecule has 4 heterocycles. The van der Waals surface area contributed by atoms with Crippen LogP contribution in [0.5, 0.6) is 0 Å². The summed E-state index contributed by atoms with van der Waals surface area (Å²) in [6, 6.07) is 4.17. The molecule has 0 radical (unpaired) electrons. The van der Waals surface area contributed by atoms with Crippen LogP contribution in [-0.4, -0.2) is 58.2 Å². The summed E-state index contributed by atoms with van der Waals surface area (Å²) < 4.78 is 5.20. The molecule has 0 N–H and O–H groups in total. The second-order valence-electron chi connectivity index (χ2n) is 7.37. The Hall–Kier alpha value is -1.37. The van der Waals surface area contributed by atoms with Crippen LogP contribution in [0, 0.1) is 0 Å². The number of hydrogen-bond acceptors (Lipinski definition) is 6. The van der Waals surface area contributed by atoms with Crippen LogP contribution in [0.15, 0.2) is 40.4 Å². The Morgan fingerprint density at radius 3 is 2.85 bits per heavy atom. The lowest BCUT2D eigenvalue weighted by Gasteiger charge is -2.32. The Kier molecular flexibility index (Phi) is 6.25. The maximum Gasteiger partial charge on any atom is 0.187 e. The fourth-order valence-electron chi connectivity index (χ4n) is 4.00. The second-order valence-corrected chi connectivity index (χ2v) is 8.43. The van der Waals surface area contributed by atoms with Crippen molar-refractivity contribution in [3.63, 3.8) is 0 Å². The first kappa shape index (κ1) is 18.0. The average Bonchev–Trinajstić information content (AvgIpc) is 3.37. The van der Waals surface area contributed by atoms with Crippen molar-refractivity contribution in [3.8, 4) is 0 Å². The predicted molar refractivity (Wildman–Crippen MR) is 104 cm³/mol. The van der Waals surface area contributed by atoms with E-state index in [0.717, 1.165) is 37.1 Å². The lowest BCUT2D eigenvalue weighted by atomic mass is 9.94. The number of thioether (sulfide) groups is 1. The highest BCUT2D eigenvalue weighted by molar-refractivity contribution is 7.99. The molecule has 140 valence electrons. The zero-order valence-electron chi connectivity index (χ0n) is 15.3. The molecule has 2 aromatic heterocycles. The normalized spacial score (nSPS) is 22.1. The first-order valence-electron chi connectivity index (χ1n) is 9.78. The highest BCUT2D eigenvalue weighted by Crippen LogP contribution is 2.27. The quantitative estimate of drug-likeness (QED) is 0.546. The van der Waals surface area contributed by atoms with Gasteiger partial charge in [-0.15, -0.1) is 0 Å². The van der Waals surface area contributed by atoms with Crippen LogP contribution < -0.4 is 0 Å². The van der Waals surface area contributed by atoms with Crippen molar-refractivity contribution in [2.24, 2.45) is 0 Å². The Labute approximate surface area is 160 Å². The fraction of sp³-hybridized carbons (Fsp3) is 0.600. The van der Waals surface area contributed by atoms with E-state index in [4.69, 9.17) is 9.40 Å². The first-order valence-corrected chi connectivity index (χ1v) is 10.8. The molecule has 4 rings (SSSR count). The first-order chi connectivity index (χ1) is 12.9. The van der Waals surface area contributed by atoms with E-state index in [0.29, 0.717) is 5.92 Å². The maximum atomic E-state index is 5.20. The van der Waals surface area contributed by atoms with Gasteiger partial charge in [-0.05, 0) is 57.5 Å². The molecule has 2 saturated heterocycles. The van der Waals surface area contributed by atoms with Gasteiger partial charge in [-0.3, -0.25) is 4.90 Å². The monoisotopic (exact) mass is 372 g/mol. The molecule has 0 spiro atoms. The third-order valence-corrected chi connectivity index (χ3v) is 6.24. The Morgan fingerprint density at radius 1 is 1.12 bits per heavy atom. The minimum atomic E-state index is 0.511. The van der Waals surface area contributed by atoms with Crippen molar-refractivity contribution >= 4 is 11.8 Å². The van der Waals surface area contributed by atoms with Crippen LogP contribution >= 0.6 is 11.8 Å². The summed E-state index contributed by atoms with van der Waals surface area (Å²) >= 11 is 1.80. The van der Waals surface area contributed by atoms with Gasteiger partial charge in [0.1, 0.15) is 0 Å².